The first-order chi connectivity index (χ1) is 7.94. The number of amides is 1. The van der Waals surface area contributed by atoms with Crippen molar-refractivity contribution < 1.29 is 9.53 Å². The summed E-state index contributed by atoms with van der Waals surface area (Å²) in [5, 5.41) is 3.05. The van der Waals surface area contributed by atoms with Gasteiger partial charge in [-0.1, -0.05) is 13.8 Å². The van der Waals surface area contributed by atoms with Crippen LogP contribution in [0.3, 0.4) is 0 Å². The van der Waals surface area contributed by atoms with Crippen LogP contribution in [-0.4, -0.2) is 31.7 Å². The highest BCUT2D eigenvalue weighted by Crippen LogP contribution is 2.34. The second-order valence-corrected chi connectivity index (χ2v) is 5.84. The molecule has 100 valence electrons. The van der Waals surface area contributed by atoms with Gasteiger partial charge in [0.2, 0.25) is 5.91 Å². The minimum absolute atomic E-state index is 0.0354. The first-order valence-electron chi connectivity index (χ1n) is 6.49. The third kappa shape index (κ3) is 5.04. The van der Waals surface area contributed by atoms with E-state index in [-0.39, 0.29) is 5.91 Å². The molecule has 0 bridgehead atoms. The van der Waals surface area contributed by atoms with E-state index in [9.17, 15) is 4.79 Å². The lowest BCUT2D eigenvalue weighted by Crippen LogP contribution is -2.47. The van der Waals surface area contributed by atoms with Gasteiger partial charge < -0.3 is 15.8 Å². The zero-order valence-electron chi connectivity index (χ0n) is 11.3. The molecule has 3 N–H and O–H groups in total. The number of hydrogen-bond acceptors (Lipinski definition) is 3. The van der Waals surface area contributed by atoms with Crippen molar-refractivity contribution in [1.82, 2.24) is 5.32 Å². The molecular formula is C13H26N2O2. The van der Waals surface area contributed by atoms with Crippen LogP contribution in [-0.2, 0) is 9.53 Å². The Kier molecular flexibility index (Phi) is 5.40. The third-order valence-electron chi connectivity index (χ3n) is 3.66. The standard InChI is InChI=1S/C13H26N2O2/c1-13(2)7-4-10(5-8-13)15-12(16)11(14)6-9-17-3/h10-11H,4-9,14H2,1-3H3,(H,15,16). The summed E-state index contributed by atoms with van der Waals surface area (Å²) in [4.78, 5) is 11.8. The fourth-order valence-corrected chi connectivity index (χ4v) is 2.23. The molecule has 0 saturated heterocycles. The number of carbonyl (C=O) groups is 1. The largest absolute Gasteiger partial charge is 0.385 e. The van der Waals surface area contributed by atoms with Crippen molar-refractivity contribution in [2.24, 2.45) is 11.1 Å². The van der Waals surface area contributed by atoms with E-state index in [2.05, 4.69) is 19.2 Å². The summed E-state index contributed by atoms with van der Waals surface area (Å²) < 4.78 is 4.92. The molecule has 0 aromatic rings. The molecule has 0 radical (unpaired) electrons. The molecule has 0 aliphatic heterocycles. The number of hydrogen-bond donors (Lipinski definition) is 2. The molecule has 17 heavy (non-hydrogen) atoms. The highest BCUT2D eigenvalue weighted by molar-refractivity contribution is 5.81. The molecular weight excluding hydrogens is 216 g/mol. The molecule has 0 aromatic carbocycles. The third-order valence-corrected chi connectivity index (χ3v) is 3.66. The van der Waals surface area contributed by atoms with Gasteiger partial charge in [0, 0.05) is 19.8 Å². The Morgan fingerprint density at radius 3 is 2.59 bits per heavy atom. The minimum atomic E-state index is -0.440. The van der Waals surface area contributed by atoms with Gasteiger partial charge in [0.1, 0.15) is 0 Å². The Morgan fingerprint density at radius 1 is 1.47 bits per heavy atom. The molecule has 1 amide bonds. The lowest BCUT2D eigenvalue weighted by molar-refractivity contribution is -0.123. The molecule has 0 aromatic heterocycles. The predicted molar refractivity (Wildman–Crippen MR) is 68.6 cm³/mol. The molecule has 1 unspecified atom stereocenters. The van der Waals surface area contributed by atoms with Crippen molar-refractivity contribution in [1.29, 1.82) is 0 Å². The van der Waals surface area contributed by atoms with Crippen molar-refractivity contribution in [3.63, 3.8) is 0 Å². The summed E-state index contributed by atoms with van der Waals surface area (Å²) in [5.41, 5.74) is 6.21. The van der Waals surface area contributed by atoms with Crippen molar-refractivity contribution in [2.45, 2.75) is 58.0 Å². The highest BCUT2D eigenvalue weighted by Gasteiger charge is 2.28. The first-order valence-corrected chi connectivity index (χ1v) is 6.49. The molecule has 1 aliphatic rings. The Morgan fingerprint density at radius 2 is 2.06 bits per heavy atom. The molecule has 1 saturated carbocycles. The number of ether oxygens (including phenoxy) is 1. The van der Waals surface area contributed by atoms with E-state index in [1.165, 1.54) is 12.8 Å². The monoisotopic (exact) mass is 242 g/mol. The van der Waals surface area contributed by atoms with E-state index in [4.69, 9.17) is 10.5 Å². The summed E-state index contributed by atoms with van der Waals surface area (Å²) in [6.07, 6.45) is 5.06. The van der Waals surface area contributed by atoms with Crippen LogP contribution in [0.25, 0.3) is 0 Å². The van der Waals surface area contributed by atoms with Gasteiger partial charge in [-0.15, -0.1) is 0 Å². The van der Waals surface area contributed by atoms with E-state index >= 15 is 0 Å². The van der Waals surface area contributed by atoms with E-state index < -0.39 is 6.04 Å². The average Bonchev–Trinajstić information content (AvgIpc) is 2.28. The second-order valence-electron chi connectivity index (χ2n) is 5.84. The van der Waals surface area contributed by atoms with Crippen LogP contribution in [0.4, 0.5) is 0 Å². The first kappa shape index (κ1) is 14.5. The van der Waals surface area contributed by atoms with Crippen molar-refractivity contribution in [3.8, 4) is 0 Å². The molecule has 1 aliphatic carbocycles. The molecule has 1 rings (SSSR count). The van der Waals surface area contributed by atoms with Crippen LogP contribution >= 0.6 is 0 Å². The average molecular weight is 242 g/mol. The topological polar surface area (TPSA) is 64.3 Å². The Balaban J connectivity index is 2.27. The van der Waals surface area contributed by atoms with E-state index in [0.29, 0.717) is 24.5 Å². The second kappa shape index (κ2) is 6.36. The van der Waals surface area contributed by atoms with Crippen molar-refractivity contribution >= 4 is 5.91 Å². The van der Waals surface area contributed by atoms with Gasteiger partial charge >= 0.3 is 0 Å². The molecule has 1 atom stereocenters. The zero-order valence-corrected chi connectivity index (χ0v) is 11.3. The number of nitrogens with two attached hydrogens (primary N) is 1. The fraction of sp³-hybridized carbons (Fsp3) is 0.923. The maximum absolute atomic E-state index is 11.8. The number of nitrogens with one attached hydrogen (secondary N) is 1. The van der Waals surface area contributed by atoms with Gasteiger partial charge in [0.15, 0.2) is 0 Å². The van der Waals surface area contributed by atoms with Crippen LogP contribution in [0.1, 0.15) is 46.0 Å². The van der Waals surface area contributed by atoms with E-state index in [1.54, 1.807) is 7.11 Å². The molecule has 0 spiro atoms. The molecule has 0 heterocycles. The van der Waals surface area contributed by atoms with Gasteiger partial charge in [-0.25, -0.2) is 0 Å². The zero-order chi connectivity index (χ0) is 12.9. The summed E-state index contributed by atoms with van der Waals surface area (Å²) in [5.74, 6) is -0.0354. The molecule has 1 fully saturated rings. The van der Waals surface area contributed by atoms with Gasteiger partial charge in [-0.05, 0) is 37.5 Å². The van der Waals surface area contributed by atoms with Crippen molar-refractivity contribution in [2.75, 3.05) is 13.7 Å². The van der Waals surface area contributed by atoms with Gasteiger partial charge in [0.05, 0.1) is 6.04 Å². The Hall–Kier alpha value is -0.610. The lowest BCUT2D eigenvalue weighted by atomic mass is 9.75. The normalized spacial score (nSPS) is 22.1. The van der Waals surface area contributed by atoms with E-state index in [0.717, 1.165) is 12.8 Å². The predicted octanol–water partition coefficient (Wildman–Crippen LogP) is 1.44. The van der Waals surface area contributed by atoms with Crippen LogP contribution < -0.4 is 11.1 Å². The number of methoxy groups -OCH3 is 1. The SMILES string of the molecule is COCCC(N)C(=O)NC1CCC(C)(C)CC1. The summed E-state index contributed by atoms with van der Waals surface area (Å²) >= 11 is 0. The summed E-state index contributed by atoms with van der Waals surface area (Å²) in [6.45, 7) is 5.11. The Labute approximate surface area is 104 Å². The maximum atomic E-state index is 11.8. The molecule has 4 nitrogen and oxygen atoms in total. The van der Waals surface area contributed by atoms with Crippen LogP contribution in [0.5, 0.6) is 0 Å². The Bertz CT molecular complexity index is 244. The minimum Gasteiger partial charge on any atom is -0.385 e. The number of carbonyl (C=O) groups excluding carboxylic acids is 1. The fourth-order valence-electron chi connectivity index (χ4n) is 2.23. The van der Waals surface area contributed by atoms with Crippen molar-refractivity contribution in [3.05, 3.63) is 0 Å². The molecule has 4 heteroatoms. The van der Waals surface area contributed by atoms with E-state index in [1.807, 2.05) is 0 Å². The quantitative estimate of drug-likeness (QED) is 0.766. The highest BCUT2D eigenvalue weighted by atomic mass is 16.5. The summed E-state index contributed by atoms with van der Waals surface area (Å²) in [7, 11) is 1.62. The van der Waals surface area contributed by atoms with Crippen LogP contribution in [0, 0.1) is 5.41 Å². The number of rotatable bonds is 5. The van der Waals surface area contributed by atoms with Gasteiger partial charge in [0.25, 0.3) is 0 Å². The van der Waals surface area contributed by atoms with Crippen LogP contribution in [0.2, 0.25) is 0 Å². The lowest BCUT2D eigenvalue weighted by Gasteiger charge is -2.35. The van der Waals surface area contributed by atoms with Crippen LogP contribution in [0.15, 0.2) is 0 Å². The van der Waals surface area contributed by atoms with Gasteiger partial charge in [-0.3, -0.25) is 4.79 Å². The van der Waals surface area contributed by atoms with Gasteiger partial charge in [-0.2, -0.15) is 0 Å². The summed E-state index contributed by atoms with van der Waals surface area (Å²) in [6, 6.07) is -0.131. The maximum Gasteiger partial charge on any atom is 0.237 e. The smallest absolute Gasteiger partial charge is 0.237 e.